The first-order chi connectivity index (χ1) is 11.7. The van der Waals surface area contributed by atoms with E-state index in [-0.39, 0.29) is 23.3 Å². The molecule has 25 heavy (non-hydrogen) atoms. The van der Waals surface area contributed by atoms with E-state index in [0.717, 1.165) is 5.56 Å². The van der Waals surface area contributed by atoms with Crippen LogP contribution >= 0.6 is 0 Å². The zero-order valence-corrected chi connectivity index (χ0v) is 17.3. The van der Waals surface area contributed by atoms with Crippen molar-refractivity contribution in [1.82, 2.24) is 0 Å². The molecule has 2 rings (SSSR count). The molecule has 0 saturated carbocycles. The number of hydrogen-bond donors (Lipinski definition) is 0. The highest BCUT2D eigenvalue weighted by Crippen LogP contribution is 2.37. The number of methoxy groups -OCH3 is 1. The molecule has 0 aromatic heterocycles. The van der Waals surface area contributed by atoms with E-state index in [1.54, 1.807) is 13.2 Å². The average Bonchev–Trinajstić information content (AvgIpc) is 2.58. The lowest BCUT2D eigenvalue weighted by Crippen LogP contribution is -2.49. The van der Waals surface area contributed by atoms with Crippen molar-refractivity contribution in [2.24, 2.45) is 4.99 Å². The minimum absolute atomic E-state index is 0.119. The highest BCUT2D eigenvalue weighted by atomic mass is 28.4. The first kappa shape index (κ1) is 19.9. The molecular weight excluding hydrogens is 330 g/mol. The van der Waals surface area contributed by atoms with Gasteiger partial charge in [-0.05, 0) is 36.3 Å². The van der Waals surface area contributed by atoms with Crippen molar-refractivity contribution in [1.29, 1.82) is 0 Å². The van der Waals surface area contributed by atoms with Gasteiger partial charge in [0.2, 0.25) is 5.90 Å². The summed E-state index contributed by atoms with van der Waals surface area (Å²) in [6.45, 7) is 15.6. The second-order valence-corrected chi connectivity index (χ2v) is 12.8. The van der Waals surface area contributed by atoms with Crippen molar-refractivity contribution < 1.29 is 13.9 Å². The normalized spacial score (nSPS) is 24.4. The molecule has 138 valence electrons. The van der Waals surface area contributed by atoms with Gasteiger partial charge in [-0.1, -0.05) is 45.5 Å². The van der Waals surface area contributed by atoms with E-state index in [0.29, 0.717) is 12.5 Å². The van der Waals surface area contributed by atoms with Crippen LogP contribution in [-0.4, -0.2) is 46.2 Å². The molecule has 1 aromatic carbocycles. The van der Waals surface area contributed by atoms with Crippen molar-refractivity contribution >= 4 is 14.2 Å². The Morgan fingerprint density at radius 2 is 1.88 bits per heavy atom. The van der Waals surface area contributed by atoms with Crippen LogP contribution in [-0.2, 0) is 13.9 Å². The summed E-state index contributed by atoms with van der Waals surface area (Å²) in [5.41, 5.74) is 0.959. The number of aliphatic imine (C=N–C) groups is 1. The first-order valence-corrected chi connectivity index (χ1v) is 11.7. The lowest BCUT2D eigenvalue weighted by molar-refractivity contribution is -0.0194. The Labute approximate surface area is 153 Å². The highest BCUT2D eigenvalue weighted by molar-refractivity contribution is 6.74. The lowest BCUT2D eigenvalue weighted by atomic mass is 10.0. The van der Waals surface area contributed by atoms with E-state index >= 15 is 0 Å². The number of rotatable bonds is 6. The molecule has 4 nitrogen and oxygen atoms in total. The van der Waals surface area contributed by atoms with E-state index in [4.69, 9.17) is 18.9 Å². The van der Waals surface area contributed by atoms with Crippen LogP contribution in [0.3, 0.4) is 0 Å². The standard InChI is InChI=1S/C20H31NO3Si/c1-8-17-18(22-5)16(14-23-25(6,7)20(2,3)4)21-19(24-17)15-12-10-9-11-13-15/h8-13,16-18H,1,14H2,2-7H3/t16-,17-,18-/m0/s1. The SMILES string of the molecule is C=C[C@@H]1OC(c2ccccc2)=N[C@@H](CO[Si](C)(C)C(C)(C)C)[C@@H]1OC. The summed E-state index contributed by atoms with van der Waals surface area (Å²) in [5, 5.41) is 0.157. The maximum Gasteiger partial charge on any atom is 0.217 e. The first-order valence-electron chi connectivity index (χ1n) is 8.79. The molecule has 0 N–H and O–H groups in total. The summed E-state index contributed by atoms with van der Waals surface area (Å²) in [6, 6.07) is 9.82. The third-order valence-corrected chi connectivity index (χ3v) is 9.68. The van der Waals surface area contributed by atoms with Crippen molar-refractivity contribution in [3.05, 3.63) is 48.6 Å². The van der Waals surface area contributed by atoms with Gasteiger partial charge in [0.15, 0.2) is 8.32 Å². The van der Waals surface area contributed by atoms with Gasteiger partial charge in [-0.3, -0.25) is 0 Å². The molecule has 3 atom stereocenters. The maximum absolute atomic E-state index is 6.40. The molecule has 1 heterocycles. The van der Waals surface area contributed by atoms with Gasteiger partial charge in [0.1, 0.15) is 18.2 Å². The monoisotopic (exact) mass is 361 g/mol. The van der Waals surface area contributed by atoms with Crippen LogP contribution in [0.2, 0.25) is 18.1 Å². The summed E-state index contributed by atoms with van der Waals surface area (Å²) < 4.78 is 18.1. The van der Waals surface area contributed by atoms with Crippen LogP contribution in [0, 0.1) is 0 Å². The second-order valence-electron chi connectivity index (χ2n) is 7.96. The lowest BCUT2D eigenvalue weighted by Gasteiger charge is -2.39. The van der Waals surface area contributed by atoms with E-state index in [1.807, 2.05) is 30.3 Å². The molecule has 0 bridgehead atoms. The fraction of sp³-hybridized carbons (Fsp3) is 0.550. The van der Waals surface area contributed by atoms with Gasteiger partial charge in [-0.15, -0.1) is 0 Å². The van der Waals surface area contributed by atoms with Gasteiger partial charge in [0, 0.05) is 12.7 Å². The summed E-state index contributed by atoms with van der Waals surface area (Å²) in [4.78, 5) is 4.81. The molecule has 5 heteroatoms. The van der Waals surface area contributed by atoms with E-state index < -0.39 is 8.32 Å². The maximum atomic E-state index is 6.40. The van der Waals surface area contributed by atoms with Crippen LogP contribution < -0.4 is 0 Å². The zero-order chi connectivity index (χ0) is 18.7. The largest absolute Gasteiger partial charge is 0.467 e. The molecule has 0 spiro atoms. The fourth-order valence-electron chi connectivity index (χ4n) is 2.51. The number of nitrogens with zero attached hydrogens (tertiary/aromatic N) is 1. The third kappa shape index (κ3) is 4.60. The van der Waals surface area contributed by atoms with Gasteiger partial charge in [0.25, 0.3) is 0 Å². The summed E-state index contributed by atoms with van der Waals surface area (Å²) in [7, 11) is -0.169. The van der Waals surface area contributed by atoms with Crippen molar-refractivity contribution in [2.45, 2.75) is 57.2 Å². The van der Waals surface area contributed by atoms with Crippen LogP contribution in [0.25, 0.3) is 0 Å². The smallest absolute Gasteiger partial charge is 0.217 e. The predicted octanol–water partition coefficient (Wildman–Crippen LogP) is 4.42. The van der Waals surface area contributed by atoms with Gasteiger partial charge < -0.3 is 13.9 Å². The van der Waals surface area contributed by atoms with E-state index in [1.165, 1.54) is 0 Å². The van der Waals surface area contributed by atoms with Gasteiger partial charge >= 0.3 is 0 Å². The predicted molar refractivity (Wildman–Crippen MR) is 106 cm³/mol. The molecule has 0 saturated heterocycles. The Hall–Kier alpha value is -1.43. The van der Waals surface area contributed by atoms with Crippen molar-refractivity contribution in [2.75, 3.05) is 13.7 Å². The van der Waals surface area contributed by atoms with E-state index in [9.17, 15) is 0 Å². The molecule has 0 unspecified atom stereocenters. The molecule has 0 radical (unpaired) electrons. The van der Waals surface area contributed by atoms with Gasteiger partial charge in [0.05, 0.1) is 6.61 Å². The van der Waals surface area contributed by atoms with Crippen LogP contribution in [0.1, 0.15) is 26.3 Å². The quantitative estimate of drug-likeness (QED) is 0.556. The fourth-order valence-corrected chi connectivity index (χ4v) is 3.53. The molecular formula is C20H31NO3Si. The Kier molecular flexibility index (Phi) is 6.24. The molecule has 0 amide bonds. The molecule has 0 fully saturated rings. The molecule has 1 aliphatic rings. The van der Waals surface area contributed by atoms with Crippen LogP contribution in [0.5, 0.6) is 0 Å². The summed E-state index contributed by atoms with van der Waals surface area (Å²) >= 11 is 0. The Bertz CT molecular complexity index is 607. The average molecular weight is 362 g/mol. The Morgan fingerprint density at radius 1 is 1.24 bits per heavy atom. The molecule has 1 aromatic rings. The van der Waals surface area contributed by atoms with Gasteiger partial charge in [-0.25, -0.2) is 4.99 Å². The molecule has 0 aliphatic carbocycles. The number of ether oxygens (including phenoxy) is 2. The third-order valence-electron chi connectivity index (χ3n) is 5.18. The van der Waals surface area contributed by atoms with E-state index in [2.05, 4.69) is 40.4 Å². The van der Waals surface area contributed by atoms with Crippen LogP contribution in [0.15, 0.2) is 48.0 Å². The minimum Gasteiger partial charge on any atom is -0.467 e. The Morgan fingerprint density at radius 3 is 2.40 bits per heavy atom. The number of benzene rings is 1. The van der Waals surface area contributed by atoms with Crippen molar-refractivity contribution in [3.8, 4) is 0 Å². The molecule has 1 aliphatic heterocycles. The summed E-state index contributed by atoms with van der Waals surface area (Å²) in [5.74, 6) is 0.627. The van der Waals surface area contributed by atoms with Crippen LogP contribution in [0.4, 0.5) is 0 Å². The Balaban J connectivity index is 2.26. The highest BCUT2D eigenvalue weighted by Gasteiger charge is 2.40. The second kappa shape index (κ2) is 7.85. The minimum atomic E-state index is -1.86. The zero-order valence-electron chi connectivity index (χ0n) is 16.3. The topological polar surface area (TPSA) is 40.0 Å². The van der Waals surface area contributed by atoms with Gasteiger partial charge in [-0.2, -0.15) is 0 Å². The van der Waals surface area contributed by atoms with Crippen molar-refractivity contribution in [3.63, 3.8) is 0 Å². The number of hydrogen-bond acceptors (Lipinski definition) is 4. The summed E-state index contributed by atoms with van der Waals surface area (Å²) in [6.07, 6.45) is 1.34.